The number of nitrogens with zero attached hydrogens (tertiary/aromatic N) is 2. The molecule has 2 heterocycles. The van der Waals surface area contributed by atoms with Gasteiger partial charge in [-0.25, -0.2) is 0 Å². The van der Waals surface area contributed by atoms with Crippen LogP contribution < -0.4 is 10.2 Å². The van der Waals surface area contributed by atoms with E-state index in [1.54, 1.807) is 0 Å². The van der Waals surface area contributed by atoms with Crippen LogP contribution in [0.3, 0.4) is 0 Å². The standard InChI is InChI=1S/C10H14N4OS/c1-7-3-9(14(2)13-7)5-11-4-8-6-16-10(15)12-8/h3,6,11H,4-5H2,1-2H3,(H,12,15). The van der Waals surface area contributed by atoms with Crippen LogP contribution in [-0.4, -0.2) is 14.8 Å². The van der Waals surface area contributed by atoms with Crippen LogP contribution in [-0.2, 0) is 20.1 Å². The fraction of sp³-hybridized carbons (Fsp3) is 0.400. The predicted octanol–water partition coefficient (Wildman–Crippen LogP) is 0.768. The Balaban J connectivity index is 1.89. The molecule has 0 radical (unpaired) electrons. The number of aromatic amines is 1. The average molecular weight is 238 g/mol. The normalized spacial score (nSPS) is 10.9. The van der Waals surface area contributed by atoms with Gasteiger partial charge in [-0.3, -0.25) is 9.48 Å². The molecule has 0 aliphatic heterocycles. The van der Waals surface area contributed by atoms with Gasteiger partial charge in [0.05, 0.1) is 11.4 Å². The van der Waals surface area contributed by atoms with E-state index >= 15 is 0 Å². The highest BCUT2D eigenvalue weighted by atomic mass is 32.1. The number of hydrogen-bond acceptors (Lipinski definition) is 4. The van der Waals surface area contributed by atoms with Crippen LogP contribution in [0.15, 0.2) is 16.2 Å². The summed E-state index contributed by atoms with van der Waals surface area (Å²) in [7, 11) is 1.93. The number of nitrogens with one attached hydrogen (secondary N) is 2. The van der Waals surface area contributed by atoms with Crippen molar-refractivity contribution in [1.29, 1.82) is 0 Å². The summed E-state index contributed by atoms with van der Waals surface area (Å²) in [5.41, 5.74) is 3.08. The third kappa shape index (κ3) is 2.59. The Hall–Kier alpha value is -1.40. The van der Waals surface area contributed by atoms with Crippen molar-refractivity contribution < 1.29 is 0 Å². The molecule has 5 nitrogen and oxygen atoms in total. The topological polar surface area (TPSA) is 62.7 Å². The molecule has 0 aliphatic carbocycles. The molecule has 0 aromatic carbocycles. The minimum Gasteiger partial charge on any atom is -0.315 e. The second-order valence-electron chi connectivity index (χ2n) is 3.68. The van der Waals surface area contributed by atoms with Gasteiger partial charge in [0, 0.05) is 31.2 Å². The van der Waals surface area contributed by atoms with E-state index in [0.29, 0.717) is 6.54 Å². The van der Waals surface area contributed by atoms with E-state index < -0.39 is 0 Å². The largest absolute Gasteiger partial charge is 0.315 e. The maximum absolute atomic E-state index is 10.9. The Bertz CT molecular complexity index is 525. The van der Waals surface area contributed by atoms with Gasteiger partial charge in [0.2, 0.25) is 0 Å². The van der Waals surface area contributed by atoms with Gasteiger partial charge in [-0.1, -0.05) is 11.3 Å². The van der Waals surface area contributed by atoms with Gasteiger partial charge < -0.3 is 10.3 Å². The summed E-state index contributed by atoms with van der Waals surface area (Å²) >= 11 is 1.19. The molecule has 0 fully saturated rings. The molecule has 16 heavy (non-hydrogen) atoms. The summed E-state index contributed by atoms with van der Waals surface area (Å²) in [6, 6.07) is 2.05. The molecular formula is C10H14N4OS. The molecule has 86 valence electrons. The number of hydrogen-bond donors (Lipinski definition) is 2. The quantitative estimate of drug-likeness (QED) is 0.827. The highest BCUT2D eigenvalue weighted by Crippen LogP contribution is 2.02. The lowest BCUT2D eigenvalue weighted by Gasteiger charge is -2.03. The molecule has 0 amide bonds. The number of aromatic nitrogens is 3. The molecule has 2 N–H and O–H groups in total. The summed E-state index contributed by atoms with van der Waals surface area (Å²) in [4.78, 5) is 13.7. The summed E-state index contributed by atoms with van der Waals surface area (Å²) in [5.74, 6) is 0. The SMILES string of the molecule is Cc1cc(CNCc2csc(=O)[nH]2)n(C)n1. The van der Waals surface area contributed by atoms with E-state index in [2.05, 4.69) is 15.4 Å². The van der Waals surface area contributed by atoms with Crippen molar-refractivity contribution in [3.8, 4) is 0 Å². The van der Waals surface area contributed by atoms with E-state index in [-0.39, 0.29) is 4.87 Å². The zero-order valence-electron chi connectivity index (χ0n) is 9.28. The smallest absolute Gasteiger partial charge is 0.304 e. The van der Waals surface area contributed by atoms with Gasteiger partial charge in [-0.05, 0) is 13.0 Å². The second kappa shape index (κ2) is 4.63. The molecule has 0 aliphatic rings. The van der Waals surface area contributed by atoms with E-state index in [9.17, 15) is 4.79 Å². The summed E-state index contributed by atoms with van der Waals surface area (Å²) in [6.45, 7) is 3.39. The first kappa shape index (κ1) is 11.1. The highest BCUT2D eigenvalue weighted by Gasteiger charge is 2.01. The van der Waals surface area contributed by atoms with Crippen molar-refractivity contribution in [3.63, 3.8) is 0 Å². The summed E-state index contributed by atoms with van der Waals surface area (Å²) in [5, 5.41) is 9.36. The fourth-order valence-electron chi connectivity index (χ4n) is 1.56. The van der Waals surface area contributed by atoms with Crippen LogP contribution in [0.4, 0.5) is 0 Å². The van der Waals surface area contributed by atoms with E-state index in [0.717, 1.165) is 23.6 Å². The molecule has 2 aromatic heterocycles. The van der Waals surface area contributed by atoms with Gasteiger partial charge in [0.25, 0.3) is 0 Å². The van der Waals surface area contributed by atoms with Gasteiger partial charge in [-0.15, -0.1) is 0 Å². The minimum absolute atomic E-state index is 0.00632. The first-order valence-corrected chi connectivity index (χ1v) is 5.90. The third-order valence-electron chi connectivity index (χ3n) is 2.29. The Morgan fingerprint density at radius 3 is 2.94 bits per heavy atom. The molecule has 2 aromatic rings. The van der Waals surface area contributed by atoms with Crippen LogP contribution in [0.1, 0.15) is 17.1 Å². The number of thiazole rings is 1. The summed E-state index contributed by atoms with van der Waals surface area (Å²) < 4.78 is 1.86. The van der Waals surface area contributed by atoms with Crippen LogP contribution >= 0.6 is 11.3 Å². The number of aryl methyl sites for hydroxylation is 2. The minimum atomic E-state index is -0.00632. The maximum Gasteiger partial charge on any atom is 0.304 e. The molecule has 0 unspecified atom stereocenters. The Morgan fingerprint density at radius 2 is 2.38 bits per heavy atom. The van der Waals surface area contributed by atoms with Crippen molar-refractivity contribution in [2.24, 2.45) is 7.05 Å². The van der Waals surface area contributed by atoms with Gasteiger partial charge in [0.15, 0.2) is 0 Å². The molecule has 0 spiro atoms. The zero-order chi connectivity index (χ0) is 11.5. The third-order valence-corrected chi connectivity index (χ3v) is 3.01. The Kier molecular flexibility index (Phi) is 3.21. The van der Waals surface area contributed by atoms with Crippen LogP contribution in [0.2, 0.25) is 0 Å². The lowest BCUT2D eigenvalue weighted by molar-refractivity contribution is 0.619. The Labute approximate surface area is 97.1 Å². The number of rotatable bonds is 4. The molecule has 2 rings (SSSR count). The Morgan fingerprint density at radius 1 is 1.56 bits per heavy atom. The monoisotopic (exact) mass is 238 g/mol. The van der Waals surface area contributed by atoms with Crippen molar-refractivity contribution >= 4 is 11.3 Å². The first-order chi connectivity index (χ1) is 7.65. The maximum atomic E-state index is 10.9. The zero-order valence-corrected chi connectivity index (χ0v) is 10.1. The van der Waals surface area contributed by atoms with Crippen LogP contribution in [0, 0.1) is 6.92 Å². The van der Waals surface area contributed by atoms with Gasteiger partial charge in [0.1, 0.15) is 0 Å². The van der Waals surface area contributed by atoms with E-state index in [4.69, 9.17) is 0 Å². The fourth-order valence-corrected chi connectivity index (χ4v) is 2.14. The van der Waals surface area contributed by atoms with E-state index in [1.165, 1.54) is 11.3 Å². The van der Waals surface area contributed by atoms with Crippen molar-refractivity contribution in [1.82, 2.24) is 20.1 Å². The van der Waals surface area contributed by atoms with Gasteiger partial charge in [-0.2, -0.15) is 5.10 Å². The van der Waals surface area contributed by atoms with E-state index in [1.807, 2.05) is 30.1 Å². The molecule has 6 heteroatoms. The van der Waals surface area contributed by atoms with Gasteiger partial charge >= 0.3 is 4.87 Å². The molecular weight excluding hydrogens is 224 g/mol. The predicted molar refractivity (Wildman–Crippen MR) is 63.4 cm³/mol. The van der Waals surface area contributed by atoms with Crippen molar-refractivity contribution in [3.05, 3.63) is 38.2 Å². The van der Waals surface area contributed by atoms with Crippen molar-refractivity contribution in [2.75, 3.05) is 0 Å². The van der Waals surface area contributed by atoms with Crippen LogP contribution in [0.5, 0.6) is 0 Å². The molecule has 0 saturated heterocycles. The molecule has 0 saturated carbocycles. The first-order valence-electron chi connectivity index (χ1n) is 5.02. The lowest BCUT2D eigenvalue weighted by atomic mass is 10.3. The van der Waals surface area contributed by atoms with Crippen molar-refractivity contribution in [2.45, 2.75) is 20.0 Å². The second-order valence-corrected chi connectivity index (χ2v) is 4.52. The summed E-state index contributed by atoms with van der Waals surface area (Å²) in [6.07, 6.45) is 0. The van der Waals surface area contributed by atoms with Crippen LogP contribution in [0.25, 0.3) is 0 Å². The molecule has 0 bridgehead atoms. The molecule has 0 atom stereocenters. The average Bonchev–Trinajstić information content (AvgIpc) is 2.74. The number of H-pyrrole nitrogens is 1. The highest BCUT2D eigenvalue weighted by molar-refractivity contribution is 7.07. The lowest BCUT2D eigenvalue weighted by Crippen LogP contribution is -2.16.